The number of carbonyl (C=O) groups is 1. The monoisotopic (exact) mass is 324 g/mol. The number of carbonyl (C=O) groups excluding carboxylic acids is 1. The Morgan fingerprint density at radius 3 is 2.87 bits per heavy atom. The van der Waals surface area contributed by atoms with E-state index in [1.807, 2.05) is 24.4 Å². The average Bonchev–Trinajstić information content (AvgIpc) is 3.04. The van der Waals surface area contributed by atoms with Crippen molar-refractivity contribution in [3.05, 3.63) is 53.3 Å². The van der Waals surface area contributed by atoms with Crippen LogP contribution < -0.4 is 5.32 Å². The first kappa shape index (κ1) is 15.3. The molecule has 6 heteroatoms. The number of nitrogens with one attached hydrogen (secondary N) is 1. The van der Waals surface area contributed by atoms with Crippen molar-refractivity contribution in [3.63, 3.8) is 0 Å². The minimum absolute atomic E-state index is 0.0278. The summed E-state index contributed by atoms with van der Waals surface area (Å²) in [4.78, 5) is 25.6. The third-order valence-corrected chi connectivity index (χ3v) is 4.45. The maximum absolute atomic E-state index is 11.5. The molecule has 0 atom stereocenters. The van der Waals surface area contributed by atoms with Crippen molar-refractivity contribution >= 4 is 28.8 Å². The van der Waals surface area contributed by atoms with Gasteiger partial charge in [-0.25, -0.2) is 15.0 Å². The number of Topliss-reactive ketones (excluding diaryl/α,β-unsaturated/α-hetero) is 1. The highest BCUT2D eigenvalue weighted by Gasteiger charge is 2.07. The molecule has 116 valence electrons. The van der Waals surface area contributed by atoms with Crippen molar-refractivity contribution in [2.45, 2.75) is 20.3 Å². The summed E-state index contributed by atoms with van der Waals surface area (Å²) in [5, 5.41) is 4.23. The lowest BCUT2D eigenvalue weighted by Gasteiger charge is -2.06. The van der Waals surface area contributed by atoms with E-state index in [1.165, 1.54) is 0 Å². The molecule has 0 amide bonds. The van der Waals surface area contributed by atoms with Crippen LogP contribution in [0.4, 0.5) is 11.6 Å². The number of nitrogens with zero attached hydrogens (tertiary/aromatic N) is 3. The van der Waals surface area contributed by atoms with Crippen molar-refractivity contribution in [3.8, 4) is 10.6 Å². The van der Waals surface area contributed by atoms with Gasteiger partial charge in [0, 0.05) is 23.6 Å². The van der Waals surface area contributed by atoms with E-state index in [-0.39, 0.29) is 5.78 Å². The highest BCUT2D eigenvalue weighted by atomic mass is 32.1. The molecule has 3 rings (SSSR count). The fraction of sp³-hybridized carbons (Fsp3) is 0.176. The molecule has 0 spiro atoms. The van der Waals surface area contributed by atoms with Crippen molar-refractivity contribution in [1.29, 1.82) is 0 Å². The van der Waals surface area contributed by atoms with Crippen LogP contribution in [0.1, 0.15) is 29.2 Å². The lowest BCUT2D eigenvalue weighted by atomic mass is 10.1. The van der Waals surface area contributed by atoms with Gasteiger partial charge in [-0.05, 0) is 31.5 Å². The maximum Gasteiger partial charge on any atom is 0.227 e. The molecular weight excluding hydrogens is 308 g/mol. The molecule has 0 saturated heterocycles. The maximum atomic E-state index is 11.5. The number of benzene rings is 1. The van der Waals surface area contributed by atoms with Crippen molar-refractivity contribution in [1.82, 2.24) is 15.0 Å². The van der Waals surface area contributed by atoms with E-state index in [0.717, 1.165) is 27.7 Å². The summed E-state index contributed by atoms with van der Waals surface area (Å²) in [5.74, 6) is 0.523. The molecule has 1 N–H and O–H groups in total. The zero-order valence-corrected chi connectivity index (χ0v) is 13.7. The molecular formula is C17H16N4OS. The molecule has 2 aromatic heterocycles. The topological polar surface area (TPSA) is 67.8 Å². The number of aryl methyl sites for hydroxylation is 1. The first-order valence-corrected chi connectivity index (χ1v) is 8.13. The summed E-state index contributed by atoms with van der Waals surface area (Å²) in [6.07, 6.45) is 4.47. The average molecular weight is 324 g/mol. The predicted octanol–water partition coefficient (Wildman–Crippen LogP) is 4.11. The Bertz CT molecular complexity index is 844. The van der Waals surface area contributed by atoms with E-state index in [1.54, 1.807) is 36.6 Å². The summed E-state index contributed by atoms with van der Waals surface area (Å²) >= 11 is 1.63. The predicted molar refractivity (Wildman–Crippen MR) is 92.2 cm³/mol. The lowest BCUT2D eigenvalue weighted by Crippen LogP contribution is -1.99. The lowest BCUT2D eigenvalue weighted by molar-refractivity contribution is 0.101. The van der Waals surface area contributed by atoms with Gasteiger partial charge in [-0.3, -0.25) is 4.79 Å². The first-order chi connectivity index (χ1) is 11.2. The van der Waals surface area contributed by atoms with Crippen LogP contribution in [0.25, 0.3) is 10.6 Å². The van der Waals surface area contributed by atoms with Gasteiger partial charge >= 0.3 is 0 Å². The Kier molecular flexibility index (Phi) is 4.43. The number of anilines is 2. The molecule has 0 aliphatic heterocycles. The van der Waals surface area contributed by atoms with Crippen molar-refractivity contribution in [2.24, 2.45) is 0 Å². The smallest absolute Gasteiger partial charge is 0.227 e. The number of rotatable bonds is 5. The zero-order valence-electron chi connectivity index (χ0n) is 12.9. The van der Waals surface area contributed by atoms with Gasteiger partial charge in [0.2, 0.25) is 5.95 Å². The highest BCUT2D eigenvalue weighted by molar-refractivity contribution is 7.15. The zero-order chi connectivity index (χ0) is 16.2. The van der Waals surface area contributed by atoms with Crippen LogP contribution in [0.3, 0.4) is 0 Å². The van der Waals surface area contributed by atoms with Crippen molar-refractivity contribution < 1.29 is 4.79 Å². The largest absolute Gasteiger partial charge is 0.324 e. The second kappa shape index (κ2) is 6.66. The molecule has 0 aliphatic rings. The molecule has 0 bridgehead atoms. The van der Waals surface area contributed by atoms with Crippen LogP contribution in [-0.4, -0.2) is 20.7 Å². The molecule has 5 nitrogen and oxygen atoms in total. The van der Waals surface area contributed by atoms with Crippen LogP contribution in [-0.2, 0) is 6.42 Å². The second-order valence-electron chi connectivity index (χ2n) is 5.00. The molecule has 0 saturated carbocycles. The normalized spacial score (nSPS) is 10.5. The Hall–Kier alpha value is -2.60. The third-order valence-electron chi connectivity index (χ3n) is 3.29. The van der Waals surface area contributed by atoms with E-state index in [0.29, 0.717) is 11.5 Å². The van der Waals surface area contributed by atoms with Crippen LogP contribution in [0.5, 0.6) is 0 Å². The van der Waals surface area contributed by atoms with Gasteiger partial charge in [0.1, 0.15) is 0 Å². The fourth-order valence-electron chi connectivity index (χ4n) is 2.09. The highest BCUT2D eigenvalue weighted by Crippen LogP contribution is 2.25. The van der Waals surface area contributed by atoms with Crippen LogP contribution in [0, 0.1) is 0 Å². The second-order valence-corrected chi connectivity index (χ2v) is 6.11. The summed E-state index contributed by atoms with van der Waals surface area (Å²) in [6, 6.07) is 9.16. The number of hydrogen-bond donors (Lipinski definition) is 1. The molecule has 0 unspecified atom stereocenters. The van der Waals surface area contributed by atoms with E-state index < -0.39 is 0 Å². The molecule has 0 fully saturated rings. The quantitative estimate of drug-likeness (QED) is 0.715. The van der Waals surface area contributed by atoms with Crippen LogP contribution >= 0.6 is 11.3 Å². The summed E-state index contributed by atoms with van der Waals surface area (Å²) in [5.41, 5.74) is 2.28. The minimum atomic E-state index is 0.0278. The molecule has 1 aromatic carbocycles. The van der Waals surface area contributed by atoms with Gasteiger partial charge in [-0.1, -0.05) is 19.1 Å². The van der Waals surface area contributed by atoms with E-state index in [2.05, 4.69) is 27.2 Å². The fourth-order valence-corrected chi connectivity index (χ4v) is 2.92. The third kappa shape index (κ3) is 3.60. The Labute approximate surface area is 138 Å². The number of ketones is 1. The Morgan fingerprint density at radius 2 is 2.13 bits per heavy atom. The number of thiazole rings is 1. The van der Waals surface area contributed by atoms with Crippen LogP contribution in [0.15, 0.2) is 42.7 Å². The van der Waals surface area contributed by atoms with Gasteiger partial charge in [0.25, 0.3) is 0 Å². The number of hydrogen-bond acceptors (Lipinski definition) is 6. The van der Waals surface area contributed by atoms with Gasteiger partial charge in [-0.15, -0.1) is 11.3 Å². The van der Waals surface area contributed by atoms with Crippen LogP contribution in [0.2, 0.25) is 0 Å². The van der Waals surface area contributed by atoms with Crippen molar-refractivity contribution in [2.75, 3.05) is 5.32 Å². The summed E-state index contributed by atoms with van der Waals surface area (Å²) in [6.45, 7) is 3.63. The van der Waals surface area contributed by atoms with E-state index in [4.69, 9.17) is 0 Å². The summed E-state index contributed by atoms with van der Waals surface area (Å²) < 4.78 is 0. The number of aromatic nitrogens is 3. The molecule has 2 heterocycles. The van der Waals surface area contributed by atoms with E-state index in [9.17, 15) is 4.79 Å². The van der Waals surface area contributed by atoms with Gasteiger partial charge < -0.3 is 5.32 Å². The first-order valence-electron chi connectivity index (χ1n) is 7.32. The van der Waals surface area contributed by atoms with E-state index >= 15 is 0 Å². The Morgan fingerprint density at radius 1 is 1.26 bits per heavy atom. The molecule has 0 radical (unpaired) electrons. The van der Waals surface area contributed by atoms with Gasteiger partial charge in [-0.2, -0.15) is 0 Å². The van der Waals surface area contributed by atoms with Gasteiger partial charge in [0.15, 0.2) is 5.78 Å². The Balaban J connectivity index is 1.85. The molecule has 3 aromatic rings. The standard InChI is InChI=1S/C17H16N4OS/c1-3-16-19-10-15(23-16)14-7-8-18-17(21-14)20-13-6-4-5-12(9-13)11(2)22/h4-10H,3H2,1-2H3,(H,18,20,21). The molecule has 0 aliphatic carbocycles. The van der Waals surface area contributed by atoms with Gasteiger partial charge in [0.05, 0.1) is 15.6 Å². The summed E-state index contributed by atoms with van der Waals surface area (Å²) in [7, 11) is 0. The molecule has 23 heavy (non-hydrogen) atoms. The SMILES string of the molecule is CCc1ncc(-c2ccnc(Nc3cccc(C(C)=O)c3)n2)s1. The minimum Gasteiger partial charge on any atom is -0.324 e.